The maximum atomic E-state index is 14.5. The van der Waals surface area contributed by atoms with Crippen molar-refractivity contribution in [3.8, 4) is 0 Å². The number of anilines is 1. The van der Waals surface area contributed by atoms with Crippen molar-refractivity contribution in [2.75, 3.05) is 17.4 Å². The molecule has 196 valence electrons. The van der Waals surface area contributed by atoms with Gasteiger partial charge in [-0.2, -0.15) is 0 Å². The number of carbonyl (C=O) groups is 2. The zero-order valence-electron chi connectivity index (χ0n) is 20.8. The van der Waals surface area contributed by atoms with Crippen LogP contribution in [0.1, 0.15) is 25.0 Å². The number of rotatable bonds is 10. The van der Waals surface area contributed by atoms with Gasteiger partial charge in [0.15, 0.2) is 0 Å². The van der Waals surface area contributed by atoms with Crippen LogP contribution in [0, 0.1) is 12.7 Å². The molecule has 1 N–H and O–H groups in total. The number of halogens is 2. The van der Waals surface area contributed by atoms with Crippen LogP contribution in [0.5, 0.6) is 0 Å². The maximum Gasteiger partial charge on any atom is 0.264 e. The fraction of sp³-hybridized carbons (Fsp3) is 0.259. The second-order valence-electron chi connectivity index (χ2n) is 8.44. The molecule has 0 radical (unpaired) electrons. The summed E-state index contributed by atoms with van der Waals surface area (Å²) < 4.78 is 42.8. The number of hydrogen-bond acceptors (Lipinski definition) is 4. The van der Waals surface area contributed by atoms with Crippen molar-refractivity contribution in [2.45, 2.75) is 38.3 Å². The normalized spacial score (nSPS) is 12.0. The fourth-order valence-electron chi connectivity index (χ4n) is 3.70. The Labute approximate surface area is 221 Å². The van der Waals surface area contributed by atoms with Crippen molar-refractivity contribution < 1.29 is 22.4 Å². The summed E-state index contributed by atoms with van der Waals surface area (Å²) in [7, 11) is -4.20. The highest BCUT2D eigenvalue weighted by Gasteiger charge is 2.32. The van der Waals surface area contributed by atoms with Crippen LogP contribution in [-0.4, -0.2) is 44.3 Å². The molecule has 0 aromatic heterocycles. The van der Waals surface area contributed by atoms with Crippen molar-refractivity contribution in [1.82, 2.24) is 10.2 Å². The first-order chi connectivity index (χ1) is 17.6. The molecule has 0 bridgehead atoms. The van der Waals surface area contributed by atoms with Gasteiger partial charge in [-0.05, 0) is 56.7 Å². The first-order valence-electron chi connectivity index (χ1n) is 11.7. The molecule has 3 aromatic carbocycles. The van der Waals surface area contributed by atoms with Gasteiger partial charge in [0.2, 0.25) is 11.8 Å². The van der Waals surface area contributed by atoms with E-state index in [1.54, 1.807) is 50.2 Å². The molecule has 10 heteroatoms. The molecule has 0 saturated heterocycles. The summed E-state index contributed by atoms with van der Waals surface area (Å²) in [4.78, 5) is 27.5. The van der Waals surface area contributed by atoms with E-state index >= 15 is 0 Å². The molecule has 3 aromatic rings. The summed E-state index contributed by atoms with van der Waals surface area (Å²) in [6.07, 6.45) is 0. The van der Waals surface area contributed by atoms with Crippen LogP contribution in [0.25, 0.3) is 0 Å². The molecule has 37 heavy (non-hydrogen) atoms. The Morgan fingerprint density at radius 1 is 1.03 bits per heavy atom. The lowest BCUT2D eigenvalue weighted by molar-refractivity contribution is -0.139. The number of hydrogen-bond donors (Lipinski definition) is 1. The molecule has 0 heterocycles. The van der Waals surface area contributed by atoms with Gasteiger partial charge in [0.05, 0.1) is 10.6 Å². The highest BCUT2D eigenvalue weighted by Crippen LogP contribution is 2.28. The van der Waals surface area contributed by atoms with Gasteiger partial charge in [-0.15, -0.1) is 0 Å². The molecule has 1 atom stereocenters. The third-order valence-corrected chi connectivity index (χ3v) is 8.07. The Kier molecular flexibility index (Phi) is 9.29. The first kappa shape index (κ1) is 28.1. The Morgan fingerprint density at radius 3 is 2.30 bits per heavy atom. The predicted molar refractivity (Wildman–Crippen MR) is 142 cm³/mol. The average Bonchev–Trinajstić information content (AvgIpc) is 2.88. The number of nitrogens with one attached hydrogen (secondary N) is 1. The Bertz CT molecular complexity index is 1370. The van der Waals surface area contributed by atoms with Crippen LogP contribution >= 0.6 is 11.6 Å². The lowest BCUT2D eigenvalue weighted by atomic mass is 10.1. The van der Waals surface area contributed by atoms with E-state index < -0.39 is 40.2 Å². The number of sulfonamides is 1. The first-order valence-corrected chi connectivity index (χ1v) is 13.5. The minimum atomic E-state index is -4.20. The van der Waals surface area contributed by atoms with Crippen molar-refractivity contribution in [2.24, 2.45) is 0 Å². The van der Waals surface area contributed by atoms with Crippen LogP contribution < -0.4 is 9.62 Å². The largest absolute Gasteiger partial charge is 0.355 e. The Morgan fingerprint density at radius 2 is 1.68 bits per heavy atom. The molecule has 0 aliphatic rings. The zero-order chi connectivity index (χ0) is 27.2. The summed E-state index contributed by atoms with van der Waals surface area (Å²) in [6.45, 7) is 4.51. The van der Waals surface area contributed by atoms with Crippen molar-refractivity contribution >= 4 is 39.1 Å². The van der Waals surface area contributed by atoms with Gasteiger partial charge in [0, 0.05) is 23.7 Å². The van der Waals surface area contributed by atoms with Gasteiger partial charge >= 0.3 is 0 Å². The van der Waals surface area contributed by atoms with Crippen LogP contribution in [0.3, 0.4) is 0 Å². The lowest BCUT2D eigenvalue weighted by Gasteiger charge is -2.32. The summed E-state index contributed by atoms with van der Waals surface area (Å²) in [5.74, 6) is -1.66. The number of benzene rings is 3. The topological polar surface area (TPSA) is 86.8 Å². The second kappa shape index (κ2) is 12.2. The third-order valence-electron chi connectivity index (χ3n) is 5.87. The molecule has 0 aliphatic carbocycles. The van der Waals surface area contributed by atoms with E-state index in [4.69, 9.17) is 11.6 Å². The number of amides is 2. The molecule has 2 amide bonds. The molecule has 0 fully saturated rings. The molecule has 3 rings (SSSR count). The number of nitrogens with zero attached hydrogens (tertiary/aromatic N) is 2. The second-order valence-corrected chi connectivity index (χ2v) is 10.7. The van der Waals surface area contributed by atoms with Gasteiger partial charge in [-0.1, -0.05) is 54.1 Å². The maximum absolute atomic E-state index is 14.5. The van der Waals surface area contributed by atoms with E-state index in [0.717, 1.165) is 9.87 Å². The average molecular weight is 546 g/mol. The lowest BCUT2D eigenvalue weighted by Crippen LogP contribution is -2.51. The summed E-state index contributed by atoms with van der Waals surface area (Å²) in [6, 6.07) is 17.3. The van der Waals surface area contributed by atoms with E-state index in [1.807, 2.05) is 0 Å². The van der Waals surface area contributed by atoms with E-state index in [9.17, 15) is 22.4 Å². The molecule has 0 saturated carbocycles. The highest BCUT2D eigenvalue weighted by atomic mass is 35.5. The van der Waals surface area contributed by atoms with Gasteiger partial charge in [0.1, 0.15) is 18.4 Å². The van der Waals surface area contributed by atoms with Crippen LogP contribution in [0.15, 0.2) is 77.7 Å². The molecule has 7 nitrogen and oxygen atoms in total. The van der Waals surface area contributed by atoms with Gasteiger partial charge in [-0.25, -0.2) is 12.8 Å². The molecular weight excluding hydrogens is 517 g/mol. The number of carbonyl (C=O) groups excluding carboxylic acids is 2. The van der Waals surface area contributed by atoms with Crippen LogP contribution in [-0.2, 0) is 26.2 Å². The van der Waals surface area contributed by atoms with Crippen molar-refractivity contribution in [3.63, 3.8) is 0 Å². The summed E-state index contributed by atoms with van der Waals surface area (Å²) in [5.41, 5.74) is 1.12. The van der Waals surface area contributed by atoms with E-state index in [2.05, 4.69) is 5.32 Å². The molecule has 0 unspecified atom stereocenters. The zero-order valence-corrected chi connectivity index (χ0v) is 22.4. The van der Waals surface area contributed by atoms with Gasteiger partial charge in [-0.3, -0.25) is 13.9 Å². The third kappa shape index (κ3) is 6.67. The molecular formula is C27H29ClFN3O4S. The van der Waals surface area contributed by atoms with Gasteiger partial charge in [0.25, 0.3) is 10.0 Å². The summed E-state index contributed by atoms with van der Waals surface area (Å²) in [5, 5.41) is 2.99. The quantitative estimate of drug-likeness (QED) is 0.405. The highest BCUT2D eigenvalue weighted by molar-refractivity contribution is 7.92. The SMILES string of the molecule is CCNC(=O)[C@@H](C)N(Cc1ccccc1F)C(=O)CN(c1ccc(C)c(Cl)c1)S(=O)(=O)c1ccccc1. The fourth-order valence-corrected chi connectivity index (χ4v) is 5.30. The summed E-state index contributed by atoms with van der Waals surface area (Å²) >= 11 is 6.29. The van der Waals surface area contributed by atoms with E-state index in [-0.39, 0.29) is 22.7 Å². The van der Waals surface area contributed by atoms with Crippen molar-refractivity contribution in [1.29, 1.82) is 0 Å². The smallest absolute Gasteiger partial charge is 0.264 e. The molecule has 0 spiro atoms. The van der Waals surface area contributed by atoms with Crippen LogP contribution in [0.4, 0.5) is 10.1 Å². The van der Waals surface area contributed by atoms with E-state index in [1.165, 1.54) is 48.2 Å². The van der Waals surface area contributed by atoms with Crippen molar-refractivity contribution in [3.05, 3.63) is 94.8 Å². The minimum absolute atomic E-state index is 0.0167. The standard InChI is InChI=1S/C27H29ClFN3O4S/c1-4-30-27(34)20(3)31(17-21-10-8-9-13-25(21)29)26(33)18-32(22-15-14-19(2)24(28)16-22)37(35,36)23-11-6-5-7-12-23/h5-16,20H,4,17-18H2,1-3H3,(H,30,34)/t20-/m1/s1. The minimum Gasteiger partial charge on any atom is -0.355 e. The van der Waals surface area contributed by atoms with Crippen LogP contribution in [0.2, 0.25) is 5.02 Å². The Hall–Kier alpha value is -3.43. The van der Waals surface area contributed by atoms with E-state index in [0.29, 0.717) is 11.6 Å². The van der Waals surface area contributed by atoms with Gasteiger partial charge < -0.3 is 10.2 Å². The number of likely N-dealkylation sites (N-methyl/N-ethyl adjacent to an activating group) is 1. The molecule has 0 aliphatic heterocycles. The number of aryl methyl sites for hydroxylation is 1. The Balaban J connectivity index is 2.05. The monoisotopic (exact) mass is 545 g/mol. The predicted octanol–water partition coefficient (Wildman–Crippen LogP) is 4.54.